The third kappa shape index (κ3) is 3.66. The van der Waals surface area contributed by atoms with Gasteiger partial charge >= 0.3 is 0 Å². The van der Waals surface area contributed by atoms with Gasteiger partial charge in [-0.1, -0.05) is 23.7 Å². The molecule has 1 saturated heterocycles. The largest absolute Gasteiger partial charge is 0.329 e. The molecule has 0 saturated carbocycles. The summed E-state index contributed by atoms with van der Waals surface area (Å²) >= 11 is 6.16. The number of amides is 1. The number of hydrogen-bond acceptors (Lipinski definition) is 4. The molecule has 0 bridgehead atoms. The fourth-order valence-electron chi connectivity index (χ4n) is 3.62. The molecule has 3 heterocycles. The van der Waals surface area contributed by atoms with Gasteiger partial charge in [-0.15, -0.1) is 0 Å². The third-order valence-electron chi connectivity index (χ3n) is 4.96. The molecule has 2 aromatic heterocycles. The third-order valence-corrected chi connectivity index (χ3v) is 5.19. The van der Waals surface area contributed by atoms with Gasteiger partial charge in [-0.2, -0.15) is 5.10 Å². The first kappa shape index (κ1) is 18.7. The van der Waals surface area contributed by atoms with Crippen LogP contribution in [-0.2, 0) is 0 Å². The number of hydrogen-bond donors (Lipinski definition) is 1. The van der Waals surface area contributed by atoms with Crippen molar-refractivity contribution in [3.8, 4) is 5.82 Å². The molecule has 1 N–H and O–H groups in total. The van der Waals surface area contributed by atoms with Crippen LogP contribution in [0.15, 0.2) is 48.7 Å². The van der Waals surface area contributed by atoms with Crippen LogP contribution >= 0.6 is 11.6 Å². The van der Waals surface area contributed by atoms with Gasteiger partial charge in [0.05, 0.1) is 17.3 Å². The highest BCUT2D eigenvalue weighted by Gasteiger charge is 2.29. The average Bonchev–Trinajstić information content (AvgIpc) is 3.05. The number of halogens is 1. The lowest BCUT2D eigenvalue weighted by molar-refractivity contribution is 0.0634. The van der Waals surface area contributed by atoms with Gasteiger partial charge in [-0.25, -0.2) is 9.67 Å². The molecule has 1 amide bonds. The van der Waals surface area contributed by atoms with Crippen molar-refractivity contribution in [3.63, 3.8) is 0 Å². The summed E-state index contributed by atoms with van der Waals surface area (Å²) in [6.07, 6.45) is 1.63. The lowest BCUT2D eigenvalue weighted by Crippen LogP contribution is -2.48. The van der Waals surface area contributed by atoms with Crippen LogP contribution in [0.4, 0.5) is 0 Å². The van der Waals surface area contributed by atoms with Crippen LogP contribution in [0.1, 0.15) is 33.4 Å². The molecule has 1 atom stereocenters. The lowest BCUT2D eigenvalue weighted by Gasteiger charge is -2.36. The summed E-state index contributed by atoms with van der Waals surface area (Å²) in [5.74, 6) is 0.674. The predicted octanol–water partition coefficient (Wildman–Crippen LogP) is 3.32. The minimum Gasteiger partial charge on any atom is -0.329 e. The Balaban J connectivity index is 1.59. The van der Waals surface area contributed by atoms with E-state index in [9.17, 15) is 4.79 Å². The number of piperazine rings is 1. The topological polar surface area (TPSA) is 63.1 Å². The highest BCUT2D eigenvalue weighted by atomic mass is 35.5. The van der Waals surface area contributed by atoms with Crippen LogP contribution in [-0.4, -0.2) is 45.2 Å². The zero-order valence-corrected chi connectivity index (χ0v) is 16.6. The van der Waals surface area contributed by atoms with Gasteiger partial charge in [0, 0.05) is 36.5 Å². The number of aryl methyl sites for hydroxylation is 2. The van der Waals surface area contributed by atoms with Crippen LogP contribution in [0.3, 0.4) is 0 Å². The number of rotatable bonds is 3. The maximum atomic E-state index is 13.2. The van der Waals surface area contributed by atoms with Crippen molar-refractivity contribution in [2.75, 3.05) is 19.6 Å². The quantitative estimate of drug-likeness (QED) is 0.738. The Labute approximate surface area is 169 Å². The summed E-state index contributed by atoms with van der Waals surface area (Å²) in [5.41, 5.74) is 3.54. The van der Waals surface area contributed by atoms with E-state index in [0.717, 1.165) is 23.5 Å². The molecular weight excluding hydrogens is 374 g/mol. The number of nitrogens with one attached hydrogen (secondary N) is 1. The second-order valence-electron chi connectivity index (χ2n) is 7.02. The molecule has 1 aliphatic rings. The molecule has 4 rings (SSSR count). The molecule has 0 spiro atoms. The zero-order chi connectivity index (χ0) is 19.7. The van der Waals surface area contributed by atoms with Gasteiger partial charge in [0.15, 0.2) is 5.82 Å². The first-order valence-electron chi connectivity index (χ1n) is 9.30. The summed E-state index contributed by atoms with van der Waals surface area (Å²) in [4.78, 5) is 19.5. The van der Waals surface area contributed by atoms with E-state index in [2.05, 4.69) is 15.4 Å². The van der Waals surface area contributed by atoms with Crippen molar-refractivity contribution in [2.24, 2.45) is 0 Å². The lowest BCUT2D eigenvalue weighted by atomic mass is 10.0. The Bertz CT molecular complexity index is 998. The van der Waals surface area contributed by atoms with Gasteiger partial charge < -0.3 is 10.2 Å². The molecule has 0 aliphatic carbocycles. The molecule has 28 heavy (non-hydrogen) atoms. The standard InChI is InChI=1S/C21H22ClN5O/c1-14-10-15(2)27(25-14)20-7-6-17(12-24-20)21(28)26-9-8-23-13-19(26)16-4-3-5-18(22)11-16/h3-7,10-12,19,23H,8-9,13H2,1-2H3. The minimum absolute atomic E-state index is 0.0288. The minimum atomic E-state index is -0.0596. The van der Waals surface area contributed by atoms with Gasteiger partial charge in [-0.05, 0) is 49.7 Å². The monoisotopic (exact) mass is 395 g/mol. The van der Waals surface area contributed by atoms with E-state index in [1.807, 2.05) is 61.2 Å². The number of nitrogens with zero attached hydrogens (tertiary/aromatic N) is 4. The molecule has 1 fully saturated rings. The van der Waals surface area contributed by atoms with E-state index in [1.165, 1.54) is 0 Å². The molecule has 1 aromatic carbocycles. The molecule has 1 unspecified atom stereocenters. The van der Waals surface area contributed by atoms with Crippen LogP contribution < -0.4 is 5.32 Å². The molecule has 144 valence electrons. The van der Waals surface area contributed by atoms with E-state index in [4.69, 9.17) is 11.6 Å². The van der Waals surface area contributed by atoms with Crippen molar-refractivity contribution in [1.82, 2.24) is 25.0 Å². The summed E-state index contributed by atoms with van der Waals surface area (Å²) < 4.78 is 1.78. The summed E-state index contributed by atoms with van der Waals surface area (Å²) in [6, 6.07) is 13.3. The van der Waals surface area contributed by atoms with E-state index >= 15 is 0 Å². The highest BCUT2D eigenvalue weighted by molar-refractivity contribution is 6.30. The maximum Gasteiger partial charge on any atom is 0.256 e. The summed E-state index contributed by atoms with van der Waals surface area (Å²) in [7, 11) is 0. The Hall–Kier alpha value is -2.70. The molecule has 3 aromatic rings. The highest BCUT2D eigenvalue weighted by Crippen LogP contribution is 2.26. The number of carbonyl (C=O) groups is 1. The van der Waals surface area contributed by atoms with Crippen molar-refractivity contribution in [1.29, 1.82) is 0 Å². The summed E-state index contributed by atoms with van der Waals surface area (Å²) in [5, 5.41) is 8.48. The first-order valence-corrected chi connectivity index (χ1v) is 9.67. The molecule has 6 nitrogen and oxygen atoms in total. The second kappa shape index (κ2) is 7.73. The average molecular weight is 396 g/mol. The molecule has 7 heteroatoms. The van der Waals surface area contributed by atoms with Crippen molar-refractivity contribution in [2.45, 2.75) is 19.9 Å². The number of carbonyl (C=O) groups excluding carboxylic acids is 1. The van der Waals surface area contributed by atoms with Crippen molar-refractivity contribution in [3.05, 3.63) is 76.2 Å². The van der Waals surface area contributed by atoms with Crippen LogP contribution in [0.2, 0.25) is 5.02 Å². The normalized spacial score (nSPS) is 17.0. The molecule has 0 radical (unpaired) electrons. The number of pyridine rings is 1. The maximum absolute atomic E-state index is 13.2. The van der Waals surface area contributed by atoms with Crippen molar-refractivity contribution >= 4 is 17.5 Å². The van der Waals surface area contributed by atoms with Gasteiger partial charge in [0.2, 0.25) is 0 Å². The van der Waals surface area contributed by atoms with Crippen LogP contribution in [0.5, 0.6) is 0 Å². The molecule has 1 aliphatic heterocycles. The van der Waals surface area contributed by atoms with Crippen LogP contribution in [0, 0.1) is 13.8 Å². The fraction of sp³-hybridized carbons (Fsp3) is 0.286. The zero-order valence-electron chi connectivity index (χ0n) is 15.9. The van der Waals surface area contributed by atoms with Crippen molar-refractivity contribution < 1.29 is 4.79 Å². The number of aromatic nitrogens is 3. The Morgan fingerprint density at radius 2 is 2.07 bits per heavy atom. The fourth-order valence-corrected chi connectivity index (χ4v) is 3.82. The number of benzene rings is 1. The van der Waals surface area contributed by atoms with Gasteiger partial charge in [-0.3, -0.25) is 4.79 Å². The smallest absolute Gasteiger partial charge is 0.256 e. The predicted molar refractivity (Wildman–Crippen MR) is 109 cm³/mol. The Kier molecular flexibility index (Phi) is 5.15. The van der Waals surface area contributed by atoms with E-state index in [-0.39, 0.29) is 11.9 Å². The first-order chi connectivity index (χ1) is 13.5. The molecular formula is C21H22ClN5O. The van der Waals surface area contributed by atoms with Gasteiger partial charge in [0.1, 0.15) is 0 Å². The summed E-state index contributed by atoms with van der Waals surface area (Å²) in [6.45, 7) is 6.03. The van der Waals surface area contributed by atoms with E-state index < -0.39 is 0 Å². The Morgan fingerprint density at radius 3 is 2.75 bits per heavy atom. The van der Waals surface area contributed by atoms with E-state index in [0.29, 0.717) is 29.5 Å². The van der Waals surface area contributed by atoms with Crippen LogP contribution in [0.25, 0.3) is 5.82 Å². The van der Waals surface area contributed by atoms with E-state index in [1.54, 1.807) is 10.9 Å². The Morgan fingerprint density at radius 1 is 1.21 bits per heavy atom. The SMILES string of the molecule is Cc1cc(C)n(-c2ccc(C(=O)N3CCNCC3c3cccc(Cl)c3)cn2)n1. The van der Waals surface area contributed by atoms with Gasteiger partial charge in [0.25, 0.3) is 5.91 Å². The second-order valence-corrected chi connectivity index (χ2v) is 7.45.